The molecule has 1 aliphatic rings. The van der Waals surface area contributed by atoms with Gasteiger partial charge >= 0.3 is 142 Å². The average Bonchev–Trinajstić information content (AvgIpc) is 2.51. The van der Waals surface area contributed by atoms with Gasteiger partial charge in [0.15, 0.2) is 0 Å². The summed E-state index contributed by atoms with van der Waals surface area (Å²) in [6.07, 6.45) is -19.3. The van der Waals surface area contributed by atoms with Crippen LogP contribution in [0.4, 0.5) is 0 Å². The first kappa shape index (κ1) is 44.1. The van der Waals surface area contributed by atoms with Gasteiger partial charge in [0.05, 0.1) is 7.82 Å². The number of hydrogen-bond acceptors (Lipinski definition) is 14. The summed E-state index contributed by atoms with van der Waals surface area (Å²) in [5.41, 5.74) is 0. The Morgan fingerprint density at radius 2 is 0.500 bits per heavy atom. The first-order valence-electron chi connectivity index (χ1n) is 7.97. The number of phosphoric ester groups is 6. The van der Waals surface area contributed by atoms with Gasteiger partial charge in [0, 0.05) is 0 Å². The second-order valence-corrected chi connectivity index (χ2v) is 13.4. The van der Waals surface area contributed by atoms with Gasteiger partial charge in [0.1, 0.15) is 36.6 Å². The average molecular weight is 736 g/mol. The Kier molecular flexibility index (Phi) is 18.5. The van der Waals surface area contributed by atoms with E-state index in [0.29, 0.717) is 0 Å². The summed E-state index contributed by atoms with van der Waals surface area (Å²) < 4.78 is 92.3. The normalized spacial score (nSPS) is 27.8. The van der Waals surface area contributed by atoms with Crippen LogP contribution in [-0.4, -0.2) is 85.6 Å². The molecule has 0 spiro atoms. The number of rotatable bonds is 12. The van der Waals surface area contributed by atoms with Crippen LogP contribution < -0.4 is 113 Å². The third kappa shape index (κ3) is 18.0. The van der Waals surface area contributed by atoms with E-state index in [1.165, 1.54) is 0 Å². The first-order chi connectivity index (χ1) is 15.6. The van der Waals surface area contributed by atoms with Gasteiger partial charge in [-0.3, -0.25) is 22.6 Å². The molecule has 0 heterocycles. The van der Waals surface area contributed by atoms with E-state index in [4.69, 9.17) is 48.9 Å². The maximum atomic E-state index is 11.4. The Morgan fingerprint density at radius 3 is 0.605 bits per heavy atom. The van der Waals surface area contributed by atoms with Crippen molar-refractivity contribution in [2.75, 3.05) is 0 Å². The Hall–Kier alpha value is 3.93. The van der Waals surface area contributed by atoms with E-state index in [1.54, 1.807) is 0 Å². The second-order valence-electron chi connectivity index (χ2n) is 6.32. The van der Waals surface area contributed by atoms with E-state index < -0.39 is 83.6 Å². The van der Waals surface area contributed by atoms with E-state index in [2.05, 4.69) is 27.1 Å². The van der Waals surface area contributed by atoms with Crippen molar-refractivity contribution in [2.24, 2.45) is 0 Å². The molecule has 0 aromatic rings. The van der Waals surface area contributed by atoms with Gasteiger partial charge in [-0.15, -0.1) is 0 Å². The predicted octanol–water partition coefficient (Wildman–Crippen LogP) is -10.4. The van der Waals surface area contributed by atoms with Crippen molar-refractivity contribution in [3.8, 4) is 0 Å². The summed E-state index contributed by atoms with van der Waals surface area (Å²) in [6, 6.07) is 0. The van der Waals surface area contributed by atoms with Gasteiger partial charge in [-0.05, 0) is 0 Å². The predicted molar refractivity (Wildman–Crippen MR) is 97.1 cm³/mol. The molecule has 32 heteroatoms. The fourth-order valence-corrected chi connectivity index (χ4v) is 6.11. The van der Waals surface area contributed by atoms with Gasteiger partial charge in [0.25, 0.3) is 0 Å². The Morgan fingerprint density at radius 1 is 0.368 bits per heavy atom. The molecule has 0 aromatic heterocycles. The fourth-order valence-electron chi connectivity index (χ4n) is 2.78. The summed E-state index contributed by atoms with van der Waals surface area (Å²) in [5, 5.41) is 0. The minimum absolute atomic E-state index is 0. The van der Waals surface area contributed by atoms with Crippen molar-refractivity contribution in [3.63, 3.8) is 0 Å². The molecule has 1 rings (SSSR count). The van der Waals surface area contributed by atoms with Gasteiger partial charge in [-0.25, -0.2) is 22.8 Å². The number of phosphoric acid groups is 6. The van der Waals surface area contributed by atoms with Gasteiger partial charge in [-0.2, -0.15) is 0 Å². The van der Waals surface area contributed by atoms with E-state index in [9.17, 15) is 37.2 Å². The van der Waals surface area contributed by atoms with Crippen LogP contribution in [-0.2, 0) is 54.5 Å². The van der Waals surface area contributed by atoms with Gasteiger partial charge in [0.2, 0.25) is 0 Å². The topological polar surface area (TPSA) is 406 Å². The minimum atomic E-state index is -6.52. The summed E-state index contributed by atoms with van der Waals surface area (Å²) in [6.45, 7) is 0. The van der Waals surface area contributed by atoms with E-state index >= 15 is 0 Å². The zero-order valence-electron chi connectivity index (χ0n) is 18.3. The summed E-state index contributed by atoms with van der Waals surface area (Å²) >= 11 is 0. The van der Waals surface area contributed by atoms with E-state index in [1.807, 2.05) is 0 Å². The standard InChI is InChI=1S/C6H18O24P6.2K/c7-31(8,9)25-1-2(26-32(10,11)12)4(28-34(16,17)18)6(30-36(22,23)24)5(29-35(19,20)21)3(1)27-33(13,14)15;;/h1-6H,(H2,7,8,9)(H2,10,11,12)(H2,13,14,15)(H2,16,17,18)(H2,19,20,21)(H2,22,23,24);;/q;2*+1/p-2/t1-,2-,3?,4?,5-,6+;;/m1../s1. The summed E-state index contributed by atoms with van der Waals surface area (Å²) in [4.78, 5) is 114. The maximum absolute atomic E-state index is 11.4. The molecule has 2 unspecified atom stereocenters. The molecule has 38 heavy (non-hydrogen) atoms. The number of hydrogen-bond donors (Lipinski definition) is 10. The van der Waals surface area contributed by atoms with Crippen LogP contribution in [0.5, 0.6) is 0 Å². The maximum Gasteiger partial charge on any atom is 1.00 e. The Labute approximate surface area is 295 Å². The second kappa shape index (κ2) is 16.0. The zero-order valence-corrected chi connectivity index (χ0v) is 29.9. The first-order valence-corrected chi connectivity index (χ1v) is 17.1. The molecule has 0 radical (unpaired) electrons. The van der Waals surface area contributed by atoms with Crippen molar-refractivity contribution in [1.29, 1.82) is 0 Å². The van der Waals surface area contributed by atoms with Crippen LogP contribution in [0, 0.1) is 0 Å². The van der Waals surface area contributed by atoms with Crippen molar-refractivity contribution >= 4 is 46.9 Å². The van der Waals surface area contributed by atoms with Crippen molar-refractivity contribution in [1.82, 2.24) is 0 Å². The molecule has 216 valence electrons. The minimum Gasteiger partial charge on any atom is -0.790 e. The molecule has 1 aliphatic carbocycles. The molecule has 6 atom stereocenters. The molecule has 10 N–H and O–H groups in total. The van der Waals surface area contributed by atoms with Crippen LogP contribution >= 0.6 is 46.9 Å². The van der Waals surface area contributed by atoms with Crippen LogP contribution in [0.3, 0.4) is 0 Å². The van der Waals surface area contributed by atoms with Crippen LogP contribution in [0.1, 0.15) is 0 Å². The molecule has 1 fully saturated rings. The van der Waals surface area contributed by atoms with E-state index in [0.717, 1.165) is 0 Å². The molecule has 0 saturated heterocycles. The quantitative estimate of drug-likeness (QED) is 0.0656. The third-order valence-corrected chi connectivity index (χ3v) is 6.58. The molecule has 0 aliphatic heterocycles. The van der Waals surface area contributed by atoms with Crippen molar-refractivity contribution in [3.05, 3.63) is 0 Å². The zero-order chi connectivity index (χ0) is 28.7. The van der Waals surface area contributed by atoms with Crippen LogP contribution in [0.2, 0.25) is 0 Å². The molecule has 0 amide bonds. The molecule has 0 bridgehead atoms. The molecule has 0 aromatic carbocycles. The third-order valence-electron chi connectivity index (χ3n) is 3.49. The molecule has 24 nitrogen and oxygen atoms in total. The van der Waals surface area contributed by atoms with Gasteiger partial charge < -0.3 is 67.8 Å². The molecular formula is C6H16K2O24P6. The Bertz CT molecular complexity index is 829. The Balaban J connectivity index is 0. The van der Waals surface area contributed by atoms with Crippen LogP contribution in [0.25, 0.3) is 0 Å². The van der Waals surface area contributed by atoms with Crippen molar-refractivity contribution in [2.45, 2.75) is 36.6 Å². The van der Waals surface area contributed by atoms with Crippen molar-refractivity contribution < 1.29 is 216 Å². The molecule has 1 saturated carbocycles. The largest absolute Gasteiger partial charge is 1.00 e. The fraction of sp³-hybridized carbons (Fsp3) is 1.00. The SMILES string of the molecule is O=P([O-])([O-])OC1[C@H](OP(=O)(O)O)[C@H](OP(=O)(O)O)C(OP(=O)(O)O)[C@H](OP(=O)(O)O)[C@H]1OP(=O)(O)O.[K+].[K+]. The molecular weight excluding hydrogens is 720 g/mol. The summed E-state index contributed by atoms with van der Waals surface area (Å²) in [7, 11) is -36.8. The van der Waals surface area contributed by atoms with Gasteiger partial charge in [-0.1, -0.05) is 0 Å². The van der Waals surface area contributed by atoms with E-state index in [-0.39, 0.29) is 103 Å². The smallest absolute Gasteiger partial charge is 0.790 e. The monoisotopic (exact) mass is 736 g/mol. The summed E-state index contributed by atoms with van der Waals surface area (Å²) in [5.74, 6) is 0. The van der Waals surface area contributed by atoms with Crippen LogP contribution in [0.15, 0.2) is 0 Å².